The number of hydrogen-bond donors (Lipinski definition) is 0. The van der Waals surface area contributed by atoms with E-state index < -0.39 is 45.6 Å². The van der Waals surface area contributed by atoms with Crippen molar-refractivity contribution in [1.82, 2.24) is 0 Å². The molecule has 0 N–H and O–H groups in total. The lowest BCUT2D eigenvalue weighted by Crippen LogP contribution is -2.17. The highest BCUT2D eigenvalue weighted by molar-refractivity contribution is 8.00. The Balaban J connectivity index is 3.17. The van der Waals surface area contributed by atoms with Crippen molar-refractivity contribution in [2.45, 2.75) is 30.1 Å². The minimum Gasteiger partial charge on any atom is -0.406 e. The Kier molecular flexibility index (Phi) is 4.95. The van der Waals surface area contributed by atoms with Crippen molar-refractivity contribution in [3.05, 3.63) is 23.8 Å². The largest absolute Gasteiger partial charge is 0.573 e. The molecule has 0 aliphatic rings. The Morgan fingerprint density at radius 2 is 1.80 bits per heavy atom. The standard InChI is InChI=1S/C11H8F6O2S/c1-2-8(18)7-5-6(19-10(12,13)14)3-4-9(7)20-11(15,16)17/h3-5H,2H2,1H3. The number of carbonyl (C=O) groups is 1. The van der Waals surface area contributed by atoms with E-state index in [1.807, 2.05) is 0 Å². The molecule has 0 saturated carbocycles. The number of hydrogen-bond acceptors (Lipinski definition) is 3. The minimum absolute atomic E-state index is 0.138. The van der Waals surface area contributed by atoms with Crippen LogP contribution in [0.3, 0.4) is 0 Å². The van der Waals surface area contributed by atoms with Gasteiger partial charge >= 0.3 is 11.9 Å². The van der Waals surface area contributed by atoms with Crippen LogP contribution in [0.15, 0.2) is 23.1 Å². The average Bonchev–Trinajstić information content (AvgIpc) is 2.26. The number of carbonyl (C=O) groups excluding carboxylic acids is 1. The molecule has 0 unspecified atom stereocenters. The first-order valence-electron chi connectivity index (χ1n) is 5.20. The van der Waals surface area contributed by atoms with E-state index >= 15 is 0 Å². The summed E-state index contributed by atoms with van der Waals surface area (Å²) in [4.78, 5) is 11.1. The van der Waals surface area contributed by atoms with Crippen LogP contribution in [-0.2, 0) is 0 Å². The predicted octanol–water partition coefficient (Wildman–Crippen LogP) is 4.79. The van der Waals surface area contributed by atoms with Gasteiger partial charge in [-0.2, -0.15) is 13.2 Å². The summed E-state index contributed by atoms with van der Waals surface area (Å²) in [6.45, 7) is 1.39. The third-order valence-electron chi connectivity index (χ3n) is 2.03. The van der Waals surface area contributed by atoms with Crippen molar-refractivity contribution in [2.75, 3.05) is 0 Å². The molecule has 0 heterocycles. The first-order valence-corrected chi connectivity index (χ1v) is 6.02. The van der Waals surface area contributed by atoms with E-state index in [1.165, 1.54) is 6.92 Å². The molecule has 1 rings (SSSR count). The van der Waals surface area contributed by atoms with Crippen molar-refractivity contribution < 1.29 is 35.9 Å². The highest BCUT2D eigenvalue weighted by Crippen LogP contribution is 2.40. The van der Waals surface area contributed by atoms with E-state index in [0.29, 0.717) is 6.07 Å². The lowest BCUT2D eigenvalue weighted by atomic mass is 10.1. The molecular formula is C11H8F6O2S. The predicted molar refractivity (Wildman–Crippen MR) is 59.7 cm³/mol. The normalized spacial score (nSPS) is 12.3. The van der Waals surface area contributed by atoms with Crippen LogP contribution in [-0.4, -0.2) is 17.7 Å². The molecule has 0 saturated heterocycles. The molecule has 0 fully saturated rings. The van der Waals surface area contributed by atoms with Crippen LogP contribution in [0.5, 0.6) is 5.75 Å². The molecule has 2 nitrogen and oxygen atoms in total. The highest BCUT2D eigenvalue weighted by atomic mass is 32.2. The number of benzene rings is 1. The van der Waals surface area contributed by atoms with Gasteiger partial charge in [-0.05, 0) is 30.0 Å². The second kappa shape index (κ2) is 5.94. The fourth-order valence-electron chi connectivity index (χ4n) is 1.33. The second-order valence-electron chi connectivity index (χ2n) is 3.53. The number of ether oxygens (including phenoxy) is 1. The Morgan fingerprint density at radius 1 is 1.20 bits per heavy atom. The first kappa shape index (κ1) is 16.7. The highest BCUT2D eigenvalue weighted by Gasteiger charge is 2.33. The maximum atomic E-state index is 12.3. The van der Waals surface area contributed by atoms with Gasteiger partial charge in [0, 0.05) is 16.9 Å². The lowest BCUT2D eigenvalue weighted by Gasteiger charge is -2.13. The molecular weight excluding hydrogens is 310 g/mol. The minimum atomic E-state index is -4.98. The van der Waals surface area contributed by atoms with Crippen molar-refractivity contribution in [3.8, 4) is 5.75 Å². The average molecular weight is 318 g/mol. The van der Waals surface area contributed by atoms with Crippen LogP contribution in [0.4, 0.5) is 26.3 Å². The topological polar surface area (TPSA) is 26.3 Å². The van der Waals surface area contributed by atoms with Crippen LogP contribution >= 0.6 is 11.8 Å². The van der Waals surface area contributed by atoms with Crippen LogP contribution in [0, 0.1) is 0 Å². The number of halogens is 6. The van der Waals surface area contributed by atoms with Crippen LogP contribution in [0.2, 0.25) is 0 Å². The van der Waals surface area contributed by atoms with Gasteiger partial charge in [0.05, 0.1) is 0 Å². The van der Waals surface area contributed by atoms with Gasteiger partial charge < -0.3 is 4.74 Å². The van der Waals surface area contributed by atoms with Gasteiger partial charge in [-0.1, -0.05) is 6.92 Å². The zero-order valence-electron chi connectivity index (χ0n) is 9.93. The number of thioether (sulfide) groups is 1. The van der Waals surface area contributed by atoms with E-state index in [2.05, 4.69) is 4.74 Å². The summed E-state index contributed by atoms with van der Waals surface area (Å²) in [5.41, 5.74) is -5.09. The number of ketones is 1. The second-order valence-corrected chi connectivity index (χ2v) is 4.64. The molecule has 0 radical (unpaired) electrons. The SMILES string of the molecule is CCC(=O)c1cc(OC(F)(F)F)ccc1SC(F)(F)F. The maximum Gasteiger partial charge on any atom is 0.573 e. The molecule has 0 amide bonds. The van der Waals surface area contributed by atoms with Gasteiger partial charge in [0.2, 0.25) is 0 Å². The fourth-order valence-corrected chi connectivity index (χ4v) is 2.00. The molecule has 0 aliphatic carbocycles. The molecule has 1 aromatic rings. The molecule has 0 bridgehead atoms. The number of alkyl halides is 6. The van der Waals surface area contributed by atoms with Gasteiger partial charge in [0.25, 0.3) is 0 Å². The quantitative estimate of drug-likeness (QED) is 0.453. The molecule has 20 heavy (non-hydrogen) atoms. The lowest BCUT2D eigenvalue weighted by molar-refractivity contribution is -0.274. The summed E-state index contributed by atoms with van der Waals surface area (Å²) in [7, 11) is 0. The molecule has 0 spiro atoms. The van der Waals surface area contributed by atoms with E-state index in [9.17, 15) is 31.1 Å². The monoisotopic (exact) mass is 318 g/mol. The third kappa shape index (κ3) is 5.32. The Labute approximate surface area is 114 Å². The summed E-state index contributed by atoms with van der Waals surface area (Å²) < 4.78 is 76.6. The Morgan fingerprint density at radius 3 is 2.25 bits per heavy atom. The van der Waals surface area contributed by atoms with Gasteiger partial charge in [-0.25, -0.2) is 0 Å². The van der Waals surface area contributed by atoms with Gasteiger partial charge in [-0.3, -0.25) is 4.79 Å². The van der Waals surface area contributed by atoms with Crippen LogP contribution < -0.4 is 4.74 Å². The number of rotatable bonds is 4. The Bertz CT molecular complexity index is 495. The number of Topliss-reactive ketones (excluding diaryl/α,β-unsaturated/α-hetero) is 1. The molecule has 0 aliphatic heterocycles. The Hall–Kier alpha value is -1.38. The molecule has 112 valence electrons. The van der Waals surface area contributed by atoms with Crippen LogP contribution in [0.1, 0.15) is 23.7 Å². The van der Waals surface area contributed by atoms with E-state index in [0.717, 1.165) is 12.1 Å². The third-order valence-corrected chi connectivity index (χ3v) is 2.84. The summed E-state index contributed by atoms with van der Waals surface area (Å²) in [6.07, 6.45) is -5.12. The van der Waals surface area contributed by atoms with Gasteiger partial charge in [-0.15, -0.1) is 13.2 Å². The van der Waals surface area contributed by atoms with Crippen molar-refractivity contribution in [3.63, 3.8) is 0 Å². The van der Waals surface area contributed by atoms with Crippen molar-refractivity contribution in [1.29, 1.82) is 0 Å². The van der Waals surface area contributed by atoms with Crippen LogP contribution in [0.25, 0.3) is 0 Å². The van der Waals surface area contributed by atoms with Crippen molar-refractivity contribution >= 4 is 17.5 Å². The summed E-state index contributed by atoms with van der Waals surface area (Å²) in [5.74, 6) is -1.44. The molecule has 0 atom stereocenters. The van der Waals surface area contributed by atoms with Crippen molar-refractivity contribution in [2.24, 2.45) is 0 Å². The fraction of sp³-hybridized carbons (Fsp3) is 0.364. The molecule has 0 aromatic heterocycles. The molecule has 1 aromatic carbocycles. The first-order chi connectivity index (χ1) is 9.02. The smallest absolute Gasteiger partial charge is 0.406 e. The van der Waals surface area contributed by atoms with Gasteiger partial charge in [0.15, 0.2) is 5.78 Å². The van der Waals surface area contributed by atoms with E-state index in [4.69, 9.17) is 0 Å². The summed E-state index contributed by atoms with van der Waals surface area (Å²) >= 11 is -0.560. The van der Waals surface area contributed by atoms with E-state index in [-0.39, 0.29) is 6.42 Å². The maximum absolute atomic E-state index is 12.3. The zero-order valence-corrected chi connectivity index (χ0v) is 10.7. The molecule has 9 heteroatoms. The summed E-state index contributed by atoms with van der Waals surface area (Å²) in [6, 6.07) is 2.17. The van der Waals surface area contributed by atoms with E-state index in [1.54, 1.807) is 0 Å². The zero-order chi connectivity index (χ0) is 15.6. The van der Waals surface area contributed by atoms with Gasteiger partial charge in [0.1, 0.15) is 5.75 Å². The summed E-state index contributed by atoms with van der Waals surface area (Å²) in [5, 5.41) is 0.